The van der Waals surface area contributed by atoms with Gasteiger partial charge in [-0.1, -0.05) is 60.7 Å². The molecule has 0 saturated carbocycles. The molecule has 0 unspecified atom stereocenters. The fourth-order valence-electron chi connectivity index (χ4n) is 7.59. The number of hydrogen-bond acceptors (Lipinski definition) is 3. The van der Waals surface area contributed by atoms with Gasteiger partial charge in [0.2, 0.25) is 0 Å². The lowest BCUT2D eigenvalue weighted by Crippen LogP contribution is -2.10. The number of nitrogens with zero attached hydrogens (tertiary/aromatic N) is 5. The van der Waals surface area contributed by atoms with E-state index in [2.05, 4.69) is 176 Å². The van der Waals surface area contributed by atoms with Crippen LogP contribution in [0.3, 0.4) is 0 Å². The van der Waals surface area contributed by atoms with Crippen molar-refractivity contribution in [2.75, 3.05) is 4.90 Å². The maximum absolute atomic E-state index is 4.21. The Morgan fingerprint density at radius 1 is 0.377 bits per heavy atom. The number of aromatic nitrogens is 4. The third-order valence-electron chi connectivity index (χ3n) is 10.1. The third-order valence-corrected chi connectivity index (χ3v) is 10.1. The van der Waals surface area contributed by atoms with Gasteiger partial charge in [0.1, 0.15) is 0 Å². The van der Waals surface area contributed by atoms with E-state index in [-0.39, 0.29) is 0 Å². The number of para-hydroxylation sites is 2. The Kier molecular flexibility index (Phi) is 7.40. The van der Waals surface area contributed by atoms with Crippen LogP contribution in [0, 0.1) is 0 Å². The van der Waals surface area contributed by atoms with E-state index in [9.17, 15) is 0 Å². The molecule has 6 aromatic carbocycles. The number of benzene rings is 6. The molecular weight excluding hydrogens is 647 g/mol. The number of hydrogen-bond donors (Lipinski definition) is 0. The van der Waals surface area contributed by atoms with E-state index in [0.29, 0.717) is 0 Å². The van der Waals surface area contributed by atoms with Gasteiger partial charge < -0.3 is 14.0 Å². The van der Waals surface area contributed by atoms with E-state index >= 15 is 0 Å². The van der Waals surface area contributed by atoms with Crippen molar-refractivity contribution in [2.24, 2.45) is 0 Å². The summed E-state index contributed by atoms with van der Waals surface area (Å²) in [5, 5.41) is 3.61. The topological polar surface area (TPSA) is 38.9 Å². The van der Waals surface area contributed by atoms with Crippen LogP contribution in [0.15, 0.2) is 201 Å². The molecule has 4 aromatic heterocycles. The van der Waals surface area contributed by atoms with Crippen molar-refractivity contribution in [3.8, 4) is 33.6 Å². The minimum absolute atomic E-state index is 1.08. The second-order valence-corrected chi connectivity index (χ2v) is 13.2. The molecule has 0 atom stereocenters. The number of fused-ring (bicyclic) bond motifs is 4. The Morgan fingerprint density at radius 2 is 0.887 bits per heavy atom. The molecular formula is C48H33N5. The van der Waals surface area contributed by atoms with E-state index < -0.39 is 0 Å². The highest BCUT2D eigenvalue weighted by atomic mass is 15.1. The van der Waals surface area contributed by atoms with Gasteiger partial charge in [-0.2, -0.15) is 0 Å². The fraction of sp³-hybridized carbons (Fsp3) is 0. The minimum atomic E-state index is 1.08. The molecule has 0 aliphatic heterocycles. The summed E-state index contributed by atoms with van der Waals surface area (Å²) in [5.41, 5.74) is 13.6. The van der Waals surface area contributed by atoms with Crippen LogP contribution in [0.5, 0.6) is 0 Å². The smallest absolute Gasteiger partial charge is 0.0562 e. The maximum Gasteiger partial charge on any atom is 0.0562 e. The standard InChI is InChI=1S/C48H33N5/c1-3-7-39(8-4-1)51-30-25-38-31-44-45-32-43(19-20-46(45)53(48(44)33-47(38)51)40-9-5-2-6-10-40)52(41-15-11-34(12-16-41)36-21-26-49-27-22-36)42-17-13-35(14-18-42)37-23-28-50-29-24-37/h1-33H. The molecule has 5 heteroatoms. The van der Waals surface area contributed by atoms with E-state index in [1.807, 2.05) is 49.1 Å². The molecule has 0 saturated heterocycles. The Labute approximate surface area is 307 Å². The second-order valence-electron chi connectivity index (χ2n) is 13.2. The predicted octanol–water partition coefficient (Wildman–Crippen LogP) is 12.3. The average Bonchev–Trinajstić information content (AvgIpc) is 3.80. The highest BCUT2D eigenvalue weighted by Gasteiger charge is 2.19. The molecule has 5 nitrogen and oxygen atoms in total. The molecule has 10 aromatic rings. The van der Waals surface area contributed by atoms with Crippen molar-refractivity contribution < 1.29 is 0 Å². The number of pyridine rings is 2. The second kappa shape index (κ2) is 12.8. The van der Waals surface area contributed by atoms with Gasteiger partial charge in [-0.25, -0.2) is 0 Å². The summed E-state index contributed by atoms with van der Waals surface area (Å²) in [5.74, 6) is 0. The Bertz CT molecular complexity index is 2760. The summed E-state index contributed by atoms with van der Waals surface area (Å²) in [7, 11) is 0. The van der Waals surface area contributed by atoms with Gasteiger partial charge in [0.05, 0.1) is 16.6 Å². The van der Waals surface area contributed by atoms with Gasteiger partial charge in [-0.3, -0.25) is 9.97 Å². The summed E-state index contributed by atoms with van der Waals surface area (Å²) in [6, 6.07) is 60.8. The average molecular weight is 680 g/mol. The maximum atomic E-state index is 4.21. The molecule has 4 heterocycles. The molecule has 0 spiro atoms. The lowest BCUT2D eigenvalue weighted by atomic mass is 10.0. The summed E-state index contributed by atoms with van der Waals surface area (Å²) in [4.78, 5) is 10.8. The monoisotopic (exact) mass is 679 g/mol. The zero-order chi connectivity index (χ0) is 35.1. The Morgan fingerprint density at radius 3 is 1.47 bits per heavy atom. The van der Waals surface area contributed by atoms with Crippen molar-refractivity contribution in [1.29, 1.82) is 0 Å². The van der Waals surface area contributed by atoms with E-state index in [4.69, 9.17) is 0 Å². The Balaban J connectivity index is 1.17. The van der Waals surface area contributed by atoms with Gasteiger partial charge in [0, 0.05) is 75.6 Å². The van der Waals surface area contributed by atoms with Crippen LogP contribution in [0.1, 0.15) is 0 Å². The lowest BCUT2D eigenvalue weighted by Gasteiger charge is -2.26. The first-order valence-corrected chi connectivity index (χ1v) is 17.8. The molecule has 10 rings (SSSR count). The lowest BCUT2D eigenvalue weighted by molar-refractivity contribution is 1.12. The van der Waals surface area contributed by atoms with Gasteiger partial charge in [0.25, 0.3) is 0 Å². The molecule has 0 amide bonds. The first-order chi connectivity index (χ1) is 26.3. The van der Waals surface area contributed by atoms with Crippen molar-refractivity contribution in [3.05, 3.63) is 201 Å². The normalized spacial score (nSPS) is 11.4. The zero-order valence-corrected chi connectivity index (χ0v) is 28.8. The van der Waals surface area contributed by atoms with Crippen molar-refractivity contribution in [3.63, 3.8) is 0 Å². The van der Waals surface area contributed by atoms with Crippen LogP contribution in [0.2, 0.25) is 0 Å². The Hall–Kier alpha value is -7.24. The highest BCUT2D eigenvalue weighted by Crippen LogP contribution is 2.42. The predicted molar refractivity (Wildman–Crippen MR) is 219 cm³/mol. The molecule has 0 aliphatic carbocycles. The summed E-state index contributed by atoms with van der Waals surface area (Å²) < 4.78 is 4.67. The highest BCUT2D eigenvalue weighted by molar-refractivity contribution is 6.14. The van der Waals surface area contributed by atoms with Crippen LogP contribution in [-0.2, 0) is 0 Å². The largest absolute Gasteiger partial charge is 0.316 e. The van der Waals surface area contributed by atoms with Crippen molar-refractivity contribution in [1.82, 2.24) is 19.1 Å². The van der Waals surface area contributed by atoms with Gasteiger partial charge in [-0.15, -0.1) is 0 Å². The molecule has 0 fully saturated rings. The number of rotatable bonds is 7. The van der Waals surface area contributed by atoms with Gasteiger partial charge in [0.15, 0.2) is 0 Å². The van der Waals surface area contributed by atoms with E-state index in [0.717, 1.165) is 56.2 Å². The molecule has 0 radical (unpaired) electrons. The summed E-state index contributed by atoms with van der Waals surface area (Å²) >= 11 is 0. The molecule has 250 valence electrons. The van der Waals surface area contributed by atoms with Crippen LogP contribution < -0.4 is 4.90 Å². The van der Waals surface area contributed by atoms with Crippen LogP contribution >= 0.6 is 0 Å². The first kappa shape index (κ1) is 30.6. The minimum Gasteiger partial charge on any atom is -0.316 e. The van der Waals surface area contributed by atoms with Crippen LogP contribution in [0.4, 0.5) is 17.1 Å². The summed E-state index contributed by atoms with van der Waals surface area (Å²) in [6.45, 7) is 0. The van der Waals surface area contributed by atoms with Gasteiger partial charge in [-0.05, 0) is 131 Å². The zero-order valence-electron chi connectivity index (χ0n) is 28.8. The third kappa shape index (κ3) is 5.43. The SMILES string of the molecule is c1ccc(-n2ccc3cc4c5cc(N(c6ccc(-c7ccncc7)cc6)c6ccc(-c7ccncc7)cc6)ccc5n(-c5ccccc5)c4cc32)cc1. The first-order valence-electron chi connectivity index (χ1n) is 17.8. The molecule has 0 N–H and O–H groups in total. The summed E-state index contributed by atoms with van der Waals surface area (Å²) in [6.07, 6.45) is 9.53. The van der Waals surface area contributed by atoms with Gasteiger partial charge >= 0.3 is 0 Å². The van der Waals surface area contributed by atoms with E-state index in [1.54, 1.807) is 0 Å². The van der Waals surface area contributed by atoms with Crippen molar-refractivity contribution in [2.45, 2.75) is 0 Å². The van der Waals surface area contributed by atoms with Crippen molar-refractivity contribution >= 4 is 49.8 Å². The molecule has 0 bridgehead atoms. The molecule has 0 aliphatic rings. The fourth-order valence-corrected chi connectivity index (χ4v) is 7.59. The van der Waals surface area contributed by atoms with Crippen LogP contribution in [0.25, 0.3) is 66.3 Å². The molecule has 53 heavy (non-hydrogen) atoms. The number of anilines is 3. The van der Waals surface area contributed by atoms with E-state index in [1.165, 1.54) is 27.2 Å². The quantitative estimate of drug-likeness (QED) is 0.168. The van der Waals surface area contributed by atoms with Crippen LogP contribution in [-0.4, -0.2) is 19.1 Å².